The molecule has 0 radical (unpaired) electrons. The first-order valence-corrected chi connectivity index (χ1v) is 6.62. The minimum absolute atomic E-state index is 0.125. The van der Waals surface area contributed by atoms with Crippen LogP contribution in [0.3, 0.4) is 0 Å². The van der Waals surface area contributed by atoms with Crippen LogP contribution in [0.2, 0.25) is 5.02 Å². The summed E-state index contributed by atoms with van der Waals surface area (Å²) in [6.45, 7) is 4.86. The largest absolute Gasteiger partial charge is 0.390 e. The molecule has 0 atom stereocenters. The highest BCUT2D eigenvalue weighted by Gasteiger charge is 2.10. The van der Waals surface area contributed by atoms with E-state index in [1.807, 2.05) is 6.07 Å². The topological polar surface area (TPSA) is 39.6 Å². The van der Waals surface area contributed by atoms with Gasteiger partial charge in [0.2, 0.25) is 0 Å². The fourth-order valence-corrected chi connectivity index (χ4v) is 1.86. The molecule has 0 aliphatic carbocycles. The van der Waals surface area contributed by atoms with Crippen molar-refractivity contribution in [3.8, 4) is 0 Å². The fourth-order valence-electron chi connectivity index (χ4n) is 1.69. The summed E-state index contributed by atoms with van der Waals surface area (Å²) in [4.78, 5) is 8.78. The van der Waals surface area contributed by atoms with Crippen LogP contribution in [0.5, 0.6) is 0 Å². The summed E-state index contributed by atoms with van der Waals surface area (Å²) in [7, 11) is 4.11. The molecular weight excluding hydrogens is 250 g/mol. The Hall–Kier alpha value is -0.840. The average molecular weight is 272 g/mol. The van der Waals surface area contributed by atoms with Crippen LogP contribution in [0.4, 0.5) is 5.82 Å². The molecule has 0 aliphatic heterocycles. The van der Waals surface area contributed by atoms with Crippen LogP contribution in [0, 0.1) is 0 Å². The van der Waals surface area contributed by atoms with Gasteiger partial charge in [-0.25, -0.2) is 4.98 Å². The van der Waals surface area contributed by atoms with E-state index in [0.29, 0.717) is 10.7 Å². The first-order chi connectivity index (χ1) is 8.58. The number of rotatable bonds is 7. The smallest absolute Gasteiger partial charge is 0.129 e. The van der Waals surface area contributed by atoms with Crippen molar-refractivity contribution in [3.63, 3.8) is 0 Å². The number of likely N-dealkylation sites (N-methyl/N-ethyl adjacent to an activating group) is 1. The molecule has 102 valence electrons. The number of hydrogen-bond donors (Lipinski definition) is 1. The van der Waals surface area contributed by atoms with Crippen molar-refractivity contribution in [2.75, 3.05) is 38.6 Å². The summed E-state index contributed by atoms with van der Waals surface area (Å²) in [5, 5.41) is 9.72. The molecule has 1 N–H and O–H groups in total. The third-order valence-electron chi connectivity index (χ3n) is 2.69. The van der Waals surface area contributed by atoms with Crippen LogP contribution in [-0.2, 0) is 6.61 Å². The maximum absolute atomic E-state index is 9.20. The number of hydrogen-bond acceptors (Lipinski definition) is 4. The lowest BCUT2D eigenvalue weighted by Gasteiger charge is -2.25. The summed E-state index contributed by atoms with van der Waals surface area (Å²) in [5.41, 5.74) is 0.542. The van der Waals surface area contributed by atoms with E-state index in [4.69, 9.17) is 11.6 Å². The van der Waals surface area contributed by atoms with Crippen molar-refractivity contribution in [2.45, 2.75) is 20.0 Å². The lowest BCUT2D eigenvalue weighted by Crippen LogP contribution is -2.33. The van der Waals surface area contributed by atoms with Crippen LogP contribution in [0.1, 0.15) is 19.0 Å². The van der Waals surface area contributed by atoms with Gasteiger partial charge in [0.05, 0.1) is 17.3 Å². The van der Waals surface area contributed by atoms with Crippen LogP contribution < -0.4 is 4.90 Å². The van der Waals surface area contributed by atoms with Gasteiger partial charge in [-0.1, -0.05) is 18.5 Å². The molecule has 0 saturated heterocycles. The Balaban J connectivity index is 2.83. The maximum atomic E-state index is 9.20. The second-order valence-electron chi connectivity index (χ2n) is 4.55. The standard InChI is InChI=1S/C13H22ClN3O/c1-4-7-17(9-8-16(2)3)13-6-5-11(14)12(10-18)15-13/h5-6,18H,4,7-10H2,1-3H3. The summed E-state index contributed by atoms with van der Waals surface area (Å²) in [5.74, 6) is 0.882. The predicted molar refractivity (Wildman–Crippen MR) is 76.2 cm³/mol. The zero-order valence-electron chi connectivity index (χ0n) is 11.4. The Morgan fingerprint density at radius 2 is 1.94 bits per heavy atom. The van der Waals surface area contributed by atoms with E-state index in [1.165, 1.54) is 0 Å². The van der Waals surface area contributed by atoms with Crippen LogP contribution in [0.25, 0.3) is 0 Å². The Morgan fingerprint density at radius 1 is 1.22 bits per heavy atom. The van der Waals surface area contributed by atoms with Gasteiger partial charge in [0.1, 0.15) is 5.82 Å². The normalized spacial score (nSPS) is 11.0. The zero-order chi connectivity index (χ0) is 13.5. The highest BCUT2D eigenvalue weighted by Crippen LogP contribution is 2.19. The number of aromatic nitrogens is 1. The van der Waals surface area contributed by atoms with Gasteiger partial charge in [0.25, 0.3) is 0 Å². The van der Waals surface area contributed by atoms with Crippen molar-refractivity contribution in [3.05, 3.63) is 22.8 Å². The van der Waals surface area contributed by atoms with E-state index >= 15 is 0 Å². The van der Waals surface area contributed by atoms with E-state index in [2.05, 4.69) is 35.8 Å². The number of halogens is 1. The molecule has 0 fully saturated rings. The highest BCUT2D eigenvalue weighted by molar-refractivity contribution is 6.31. The zero-order valence-corrected chi connectivity index (χ0v) is 12.1. The number of pyridine rings is 1. The number of nitrogens with zero attached hydrogens (tertiary/aromatic N) is 3. The summed E-state index contributed by atoms with van der Waals surface area (Å²) in [6, 6.07) is 3.71. The van der Waals surface area contributed by atoms with E-state index in [-0.39, 0.29) is 6.61 Å². The fraction of sp³-hybridized carbons (Fsp3) is 0.615. The maximum Gasteiger partial charge on any atom is 0.129 e. The van der Waals surface area contributed by atoms with Gasteiger partial charge < -0.3 is 14.9 Å². The van der Waals surface area contributed by atoms with Gasteiger partial charge in [-0.3, -0.25) is 0 Å². The first kappa shape index (κ1) is 15.2. The van der Waals surface area contributed by atoms with Crippen LogP contribution in [0.15, 0.2) is 12.1 Å². The molecule has 1 rings (SSSR count). The molecule has 0 spiro atoms. The molecule has 0 aliphatic rings. The summed E-state index contributed by atoms with van der Waals surface area (Å²) < 4.78 is 0. The van der Waals surface area contributed by atoms with Gasteiger partial charge >= 0.3 is 0 Å². The Morgan fingerprint density at radius 3 is 2.50 bits per heavy atom. The van der Waals surface area contributed by atoms with E-state index < -0.39 is 0 Å². The van der Waals surface area contributed by atoms with Gasteiger partial charge in [0.15, 0.2) is 0 Å². The highest BCUT2D eigenvalue weighted by atomic mass is 35.5. The van der Waals surface area contributed by atoms with Gasteiger partial charge in [-0.05, 0) is 32.6 Å². The van der Waals surface area contributed by atoms with E-state index in [0.717, 1.165) is 31.9 Å². The SMILES string of the molecule is CCCN(CCN(C)C)c1ccc(Cl)c(CO)n1. The lowest BCUT2D eigenvalue weighted by atomic mass is 10.3. The molecule has 1 heterocycles. The molecule has 0 unspecified atom stereocenters. The minimum Gasteiger partial charge on any atom is -0.390 e. The van der Waals surface area contributed by atoms with Crippen LogP contribution >= 0.6 is 11.6 Å². The Kier molecular flexibility index (Phi) is 6.39. The molecule has 18 heavy (non-hydrogen) atoms. The van der Waals surface area contributed by atoms with Crippen LogP contribution in [-0.4, -0.2) is 48.7 Å². The van der Waals surface area contributed by atoms with Crippen molar-refractivity contribution in [1.82, 2.24) is 9.88 Å². The van der Waals surface area contributed by atoms with Crippen molar-refractivity contribution in [2.24, 2.45) is 0 Å². The lowest BCUT2D eigenvalue weighted by molar-refractivity contribution is 0.277. The molecule has 5 heteroatoms. The Labute approximate surface area is 114 Å². The third-order valence-corrected chi connectivity index (χ3v) is 3.03. The predicted octanol–water partition coefficient (Wildman–Crippen LogP) is 2.01. The third kappa shape index (κ3) is 4.44. The number of anilines is 1. The molecular formula is C13H22ClN3O. The van der Waals surface area contributed by atoms with Gasteiger partial charge in [-0.2, -0.15) is 0 Å². The van der Waals surface area contributed by atoms with Gasteiger partial charge in [0, 0.05) is 19.6 Å². The summed E-state index contributed by atoms with van der Waals surface area (Å²) in [6.07, 6.45) is 1.06. The van der Waals surface area contributed by atoms with Crippen molar-refractivity contribution >= 4 is 17.4 Å². The molecule has 0 aromatic carbocycles. The first-order valence-electron chi connectivity index (χ1n) is 6.24. The van der Waals surface area contributed by atoms with E-state index in [1.54, 1.807) is 6.07 Å². The van der Waals surface area contributed by atoms with E-state index in [9.17, 15) is 5.11 Å². The average Bonchev–Trinajstić information content (AvgIpc) is 2.35. The molecule has 1 aromatic heterocycles. The van der Waals surface area contributed by atoms with Gasteiger partial charge in [-0.15, -0.1) is 0 Å². The minimum atomic E-state index is -0.125. The number of aliphatic hydroxyl groups is 1. The monoisotopic (exact) mass is 271 g/mol. The second-order valence-corrected chi connectivity index (χ2v) is 4.95. The molecule has 0 amide bonds. The Bertz CT molecular complexity index is 371. The quantitative estimate of drug-likeness (QED) is 0.824. The molecule has 0 saturated carbocycles. The molecule has 4 nitrogen and oxygen atoms in total. The number of aliphatic hydroxyl groups excluding tert-OH is 1. The van der Waals surface area contributed by atoms with Crippen molar-refractivity contribution < 1.29 is 5.11 Å². The molecule has 0 bridgehead atoms. The van der Waals surface area contributed by atoms with Crippen molar-refractivity contribution in [1.29, 1.82) is 0 Å². The summed E-state index contributed by atoms with van der Waals surface area (Å²) >= 11 is 5.96. The molecule has 1 aromatic rings. The second kappa shape index (κ2) is 7.56.